The highest BCUT2D eigenvalue weighted by Crippen LogP contribution is 1.89. The van der Waals surface area contributed by atoms with E-state index in [1.807, 2.05) is 6.92 Å². The Kier molecular flexibility index (Phi) is 2.06. The first-order valence-corrected chi connectivity index (χ1v) is 3.21. The fourth-order valence-corrected chi connectivity index (χ4v) is 0.700. The van der Waals surface area contributed by atoms with Crippen molar-refractivity contribution < 1.29 is 0 Å². The molecule has 0 unspecified atom stereocenters. The van der Waals surface area contributed by atoms with Crippen molar-refractivity contribution in [2.24, 2.45) is 0 Å². The summed E-state index contributed by atoms with van der Waals surface area (Å²) >= 11 is 0. The number of anilines is 1. The van der Waals surface area contributed by atoms with Gasteiger partial charge in [-0.2, -0.15) is 4.98 Å². The topological polar surface area (TPSA) is 60.9 Å². The van der Waals surface area contributed by atoms with Crippen LogP contribution in [0, 0.1) is 0 Å². The molecular weight excluding hydrogens is 142 g/mol. The fraction of sp³-hybridized carbons (Fsp3) is 0.143. The zero-order chi connectivity index (χ0) is 8.27. The van der Waals surface area contributed by atoms with Gasteiger partial charge in [-0.15, -0.1) is 0 Å². The van der Waals surface area contributed by atoms with Crippen molar-refractivity contribution in [3.8, 4) is 0 Å². The molecule has 1 heterocycles. The van der Waals surface area contributed by atoms with Crippen LogP contribution in [-0.4, -0.2) is 9.55 Å². The molecule has 2 N–H and O–H groups in total. The van der Waals surface area contributed by atoms with E-state index in [0.717, 1.165) is 0 Å². The van der Waals surface area contributed by atoms with Crippen LogP contribution in [-0.2, 0) is 0 Å². The van der Waals surface area contributed by atoms with Crippen LogP contribution >= 0.6 is 0 Å². The number of nitrogens with zero attached hydrogens (tertiary/aromatic N) is 2. The zero-order valence-corrected chi connectivity index (χ0v) is 6.19. The predicted molar refractivity (Wildman–Crippen MR) is 43.9 cm³/mol. The first-order valence-electron chi connectivity index (χ1n) is 3.21. The molecular formula is C7H9N3O. The van der Waals surface area contributed by atoms with Crippen molar-refractivity contribution in [2.45, 2.75) is 6.92 Å². The molecule has 11 heavy (non-hydrogen) atoms. The molecule has 0 aliphatic rings. The third-order valence-electron chi connectivity index (χ3n) is 1.16. The summed E-state index contributed by atoms with van der Waals surface area (Å²) in [7, 11) is 0. The van der Waals surface area contributed by atoms with E-state index in [1.165, 1.54) is 4.57 Å². The van der Waals surface area contributed by atoms with Crippen molar-refractivity contribution in [1.82, 2.24) is 9.55 Å². The zero-order valence-electron chi connectivity index (χ0n) is 6.19. The van der Waals surface area contributed by atoms with E-state index in [1.54, 1.807) is 24.5 Å². The van der Waals surface area contributed by atoms with Gasteiger partial charge in [-0.25, -0.2) is 4.79 Å². The molecule has 4 nitrogen and oxygen atoms in total. The summed E-state index contributed by atoms with van der Waals surface area (Å²) < 4.78 is 1.36. The van der Waals surface area contributed by atoms with Crippen LogP contribution in [0.4, 0.5) is 5.82 Å². The quantitative estimate of drug-likeness (QED) is 0.628. The Hall–Kier alpha value is -1.58. The summed E-state index contributed by atoms with van der Waals surface area (Å²) in [4.78, 5) is 14.5. The second-order valence-electron chi connectivity index (χ2n) is 2.02. The standard InChI is InChI=1S/C7H9N3O/c1-2-4-10-5-3-6(8)9-7(10)11/h2-5H,1H3,(H2,8,9,11)/b4-2-. The number of hydrogen-bond donors (Lipinski definition) is 1. The molecule has 4 heteroatoms. The Balaban J connectivity index is 3.20. The molecule has 0 amide bonds. The van der Waals surface area contributed by atoms with Crippen LogP contribution in [0.1, 0.15) is 6.92 Å². The Bertz CT molecular complexity index is 327. The minimum Gasteiger partial charge on any atom is -0.383 e. The summed E-state index contributed by atoms with van der Waals surface area (Å²) in [5.74, 6) is 0.246. The van der Waals surface area contributed by atoms with Crippen molar-refractivity contribution >= 4 is 12.0 Å². The van der Waals surface area contributed by atoms with Crippen molar-refractivity contribution in [3.05, 3.63) is 28.8 Å². The van der Waals surface area contributed by atoms with Gasteiger partial charge in [0.15, 0.2) is 0 Å². The highest BCUT2D eigenvalue weighted by molar-refractivity contribution is 5.28. The lowest BCUT2D eigenvalue weighted by atomic mass is 10.6. The minimum atomic E-state index is -0.358. The Morgan fingerprint density at radius 2 is 2.45 bits per heavy atom. The van der Waals surface area contributed by atoms with Gasteiger partial charge in [-0.1, -0.05) is 6.08 Å². The van der Waals surface area contributed by atoms with Gasteiger partial charge >= 0.3 is 5.69 Å². The SMILES string of the molecule is C/C=C\n1ccc(N)nc1=O. The molecule has 0 bridgehead atoms. The summed E-state index contributed by atoms with van der Waals surface area (Å²) in [6.07, 6.45) is 4.94. The molecule has 0 saturated heterocycles. The molecule has 0 aromatic carbocycles. The second kappa shape index (κ2) is 3.01. The number of allylic oxidation sites excluding steroid dienone is 1. The maximum atomic E-state index is 11.0. The van der Waals surface area contributed by atoms with Crippen molar-refractivity contribution in [3.63, 3.8) is 0 Å². The van der Waals surface area contributed by atoms with Gasteiger partial charge < -0.3 is 5.73 Å². The van der Waals surface area contributed by atoms with E-state index in [0.29, 0.717) is 0 Å². The Labute approximate surface area is 64.0 Å². The summed E-state index contributed by atoms with van der Waals surface area (Å²) in [5, 5.41) is 0. The van der Waals surface area contributed by atoms with E-state index in [4.69, 9.17) is 5.73 Å². The lowest BCUT2D eigenvalue weighted by Gasteiger charge is -1.95. The van der Waals surface area contributed by atoms with E-state index >= 15 is 0 Å². The molecule has 0 aliphatic heterocycles. The molecule has 0 aliphatic carbocycles. The van der Waals surface area contributed by atoms with E-state index in [9.17, 15) is 4.79 Å². The lowest BCUT2D eigenvalue weighted by molar-refractivity contribution is 0.966. The maximum Gasteiger partial charge on any atom is 0.353 e. The minimum absolute atomic E-state index is 0.246. The van der Waals surface area contributed by atoms with Crippen LogP contribution in [0.2, 0.25) is 0 Å². The van der Waals surface area contributed by atoms with Gasteiger partial charge in [-0.3, -0.25) is 4.57 Å². The monoisotopic (exact) mass is 151 g/mol. The summed E-state index contributed by atoms with van der Waals surface area (Å²) in [5.41, 5.74) is 4.92. The number of rotatable bonds is 1. The normalized spacial score (nSPS) is 10.6. The average Bonchev–Trinajstić information content (AvgIpc) is 1.95. The first-order chi connectivity index (χ1) is 5.24. The predicted octanol–water partition coefficient (Wildman–Crippen LogP) is 0.316. The first kappa shape index (κ1) is 7.53. The van der Waals surface area contributed by atoms with Gasteiger partial charge in [0.1, 0.15) is 5.82 Å². The Morgan fingerprint density at radius 1 is 1.73 bits per heavy atom. The maximum absolute atomic E-state index is 11.0. The smallest absolute Gasteiger partial charge is 0.353 e. The van der Waals surface area contributed by atoms with Gasteiger partial charge in [0, 0.05) is 12.4 Å². The van der Waals surface area contributed by atoms with Gasteiger partial charge in [0.25, 0.3) is 0 Å². The molecule has 0 fully saturated rings. The summed E-state index contributed by atoms with van der Waals surface area (Å²) in [6.45, 7) is 1.82. The van der Waals surface area contributed by atoms with Crippen LogP contribution < -0.4 is 11.4 Å². The van der Waals surface area contributed by atoms with E-state index < -0.39 is 0 Å². The fourth-order valence-electron chi connectivity index (χ4n) is 0.700. The largest absolute Gasteiger partial charge is 0.383 e. The molecule has 0 radical (unpaired) electrons. The lowest BCUT2D eigenvalue weighted by Crippen LogP contribution is -2.18. The number of hydrogen-bond acceptors (Lipinski definition) is 3. The molecule has 0 spiro atoms. The van der Waals surface area contributed by atoms with Gasteiger partial charge in [-0.05, 0) is 13.0 Å². The molecule has 0 atom stereocenters. The van der Waals surface area contributed by atoms with Gasteiger partial charge in [0.05, 0.1) is 0 Å². The average molecular weight is 151 g/mol. The molecule has 1 aromatic rings. The molecule has 58 valence electrons. The van der Waals surface area contributed by atoms with Crippen LogP contribution in [0.5, 0.6) is 0 Å². The third kappa shape index (κ3) is 1.67. The van der Waals surface area contributed by atoms with E-state index in [2.05, 4.69) is 4.98 Å². The number of nitrogen functional groups attached to an aromatic ring is 1. The van der Waals surface area contributed by atoms with Crippen molar-refractivity contribution in [1.29, 1.82) is 0 Å². The Morgan fingerprint density at radius 3 is 3.00 bits per heavy atom. The molecule has 1 rings (SSSR count). The van der Waals surface area contributed by atoms with Crippen LogP contribution in [0.3, 0.4) is 0 Å². The number of nitrogens with two attached hydrogens (primary N) is 1. The third-order valence-corrected chi connectivity index (χ3v) is 1.16. The van der Waals surface area contributed by atoms with Gasteiger partial charge in [0.2, 0.25) is 0 Å². The molecule has 0 saturated carbocycles. The summed E-state index contributed by atoms with van der Waals surface area (Å²) in [6, 6.07) is 1.57. The van der Waals surface area contributed by atoms with E-state index in [-0.39, 0.29) is 11.5 Å². The van der Waals surface area contributed by atoms with Crippen molar-refractivity contribution in [2.75, 3.05) is 5.73 Å². The molecule has 1 aromatic heterocycles. The number of aromatic nitrogens is 2. The van der Waals surface area contributed by atoms with Crippen LogP contribution in [0.15, 0.2) is 23.1 Å². The highest BCUT2D eigenvalue weighted by atomic mass is 16.1. The second-order valence-corrected chi connectivity index (χ2v) is 2.02. The van der Waals surface area contributed by atoms with Crippen LogP contribution in [0.25, 0.3) is 6.20 Å². The highest BCUT2D eigenvalue weighted by Gasteiger charge is 1.91.